The van der Waals surface area contributed by atoms with Crippen LogP contribution in [0, 0.1) is 6.92 Å². The minimum Gasteiger partial charge on any atom is -0.465 e. The summed E-state index contributed by atoms with van der Waals surface area (Å²) in [6.45, 7) is 9.94. The molecule has 3 aromatic carbocycles. The van der Waals surface area contributed by atoms with Gasteiger partial charge in [0.25, 0.3) is 0 Å². The Morgan fingerprint density at radius 3 is 2.00 bits per heavy atom. The fourth-order valence-corrected chi connectivity index (χ4v) is 5.31. The van der Waals surface area contributed by atoms with E-state index in [2.05, 4.69) is 24.3 Å². The summed E-state index contributed by atoms with van der Waals surface area (Å²) in [5, 5.41) is 0. The third kappa shape index (κ3) is 4.62. The van der Waals surface area contributed by atoms with Crippen LogP contribution in [0.5, 0.6) is 0 Å². The molecule has 0 spiro atoms. The Hall–Kier alpha value is -3.62. The van der Waals surface area contributed by atoms with Gasteiger partial charge in [0, 0.05) is 13.0 Å². The first-order valence-electron chi connectivity index (χ1n) is 13.1. The van der Waals surface area contributed by atoms with Crippen molar-refractivity contribution in [2.75, 3.05) is 25.7 Å². The summed E-state index contributed by atoms with van der Waals surface area (Å²) >= 11 is 0. The summed E-state index contributed by atoms with van der Waals surface area (Å²) in [4.78, 5) is 27.4. The Balaban J connectivity index is 1.43. The summed E-state index contributed by atoms with van der Waals surface area (Å²) < 4.78 is 23.4. The van der Waals surface area contributed by atoms with Crippen molar-refractivity contribution in [1.82, 2.24) is 0 Å². The van der Waals surface area contributed by atoms with Gasteiger partial charge in [-0.1, -0.05) is 48.5 Å². The van der Waals surface area contributed by atoms with Gasteiger partial charge in [0.15, 0.2) is 0 Å². The Bertz CT molecular complexity index is 1390. The first kappa shape index (κ1) is 27.0. The summed E-state index contributed by atoms with van der Waals surface area (Å²) in [6, 6.07) is 19.8. The maximum absolute atomic E-state index is 13.4. The highest BCUT2D eigenvalue weighted by Crippen LogP contribution is 2.44. The van der Waals surface area contributed by atoms with Crippen molar-refractivity contribution >= 4 is 30.3 Å². The zero-order valence-corrected chi connectivity index (χ0v) is 23.5. The number of ether oxygens (including phenoxy) is 2. The second kappa shape index (κ2) is 9.85. The van der Waals surface area contributed by atoms with Crippen molar-refractivity contribution in [1.29, 1.82) is 0 Å². The highest BCUT2D eigenvalue weighted by molar-refractivity contribution is 6.63. The lowest BCUT2D eigenvalue weighted by Gasteiger charge is -2.32. The number of hydrogen-bond acceptors (Lipinski definition) is 6. The molecule has 0 unspecified atom stereocenters. The second-order valence-corrected chi connectivity index (χ2v) is 11.2. The summed E-state index contributed by atoms with van der Waals surface area (Å²) in [6.07, 6.45) is -0.526. The number of nitrogens with zero attached hydrogens (tertiary/aromatic N) is 1. The van der Waals surface area contributed by atoms with E-state index < -0.39 is 30.4 Å². The smallest absolute Gasteiger partial charge is 0.465 e. The number of methoxy groups -OCH3 is 1. The lowest BCUT2D eigenvalue weighted by molar-refractivity contribution is 0.00578. The van der Waals surface area contributed by atoms with Gasteiger partial charge in [-0.25, -0.2) is 9.59 Å². The van der Waals surface area contributed by atoms with Gasteiger partial charge in [-0.05, 0) is 80.0 Å². The lowest BCUT2D eigenvalue weighted by atomic mass is 9.75. The summed E-state index contributed by atoms with van der Waals surface area (Å²) in [5.41, 5.74) is 5.69. The predicted molar refractivity (Wildman–Crippen MR) is 152 cm³/mol. The van der Waals surface area contributed by atoms with E-state index in [0.29, 0.717) is 16.7 Å². The number of benzene rings is 3. The Labute approximate surface area is 230 Å². The summed E-state index contributed by atoms with van der Waals surface area (Å²) in [5.74, 6) is -0.576. The Kier molecular flexibility index (Phi) is 6.81. The van der Waals surface area contributed by atoms with Gasteiger partial charge in [0.05, 0.1) is 29.6 Å². The van der Waals surface area contributed by atoms with Crippen molar-refractivity contribution in [3.8, 4) is 11.1 Å². The lowest BCUT2D eigenvalue weighted by Crippen LogP contribution is -2.41. The number of fused-ring (bicyclic) bond motifs is 3. The fourth-order valence-electron chi connectivity index (χ4n) is 5.31. The largest absolute Gasteiger partial charge is 0.495 e. The van der Waals surface area contributed by atoms with E-state index in [0.717, 1.165) is 27.8 Å². The minimum atomic E-state index is -0.714. The number of carbonyl (C=O) groups excluding carboxylic acids is 2. The van der Waals surface area contributed by atoms with Crippen molar-refractivity contribution in [3.63, 3.8) is 0 Å². The minimum absolute atomic E-state index is 0.0578. The number of anilines is 1. The molecule has 1 aliphatic heterocycles. The van der Waals surface area contributed by atoms with Crippen LogP contribution in [-0.4, -0.2) is 51.1 Å². The van der Waals surface area contributed by atoms with Gasteiger partial charge in [-0.15, -0.1) is 0 Å². The van der Waals surface area contributed by atoms with Crippen LogP contribution in [0.4, 0.5) is 10.5 Å². The van der Waals surface area contributed by atoms with Gasteiger partial charge in [-0.3, -0.25) is 4.90 Å². The number of carbonyl (C=O) groups is 2. The van der Waals surface area contributed by atoms with E-state index in [1.54, 1.807) is 19.2 Å². The number of esters is 1. The molecule has 1 aliphatic carbocycles. The Morgan fingerprint density at radius 1 is 0.923 bits per heavy atom. The molecule has 3 aromatic rings. The molecule has 0 N–H and O–H groups in total. The average molecular weight is 527 g/mol. The monoisotopic (exact) mass is 527 g/mol. The topological polar surface area (TPSA) is 74.3 Å². The fraction of sp³-hybridized carbons (Fsp3) is 0.355. The molecule has 0 aromatic heterocycles. The van der Waals surface area contributed by atoms with Crippen molar-refractivity contribution in [2.45, 2.75) is 51.7 Å². The standard InChI is InChI=1S/C31H34BNO6/c1-19-26(32-38-30(2,3)31(4,5)39-32)16-20(28(34)36-7)17-27(19)33(6)29(35)37-18-25-23-14-10-8-12-21(23)22-13-9-11-15-24(22)25/h8-17,25H,18H2,1-7H3. The van der Waals surface area contributed by atoms with Gasteiger partial charge in [-0.2, -0.15) is 0 Å². The molecule has 0 radical (unpaired) electrons. The van der Waals surface area contributed by atoms with E-state index in [9.17, 15) is 9.59 Å². The van der Waals surface area contributed by atoms with Crippen molar-refractivity contribution < 1.29 is 28.4 Å². The molecule has 202 valence electrons. The van der Waals surface area contributed by atoms with Crippen LogP contribution in [0.3, 0.4) is 0 Å². The van der Waals surface area contributed by atoms with E-state index in [-0.39, 0.29) is 12.5 Å². The molecule has 7 nitrogen and oxygen atoms in total. The zero-order valence-electron chi connectivity index (χ0n) is 23.5. The molecule has 0 bridgehead atoms. The molecule has 1 amide bonds. The normalized spacial score (nSPS) is 16.9. The molecular weight excluding hydrogens is 493 g/mol. The third-order valence-corrected chi connectivity index (χ3v) is 8.32. The van der Waals surface area contributed by atoms with E-state index >= 15 is 0 Å². The molecule has 1 fully saturated rings. The van der Waals surface area contributed by atoms with Crippen LogP contribution < -0.4 is 10.4 Å². The molecule has 5 rings (SSSR count). The van der Waals surface area contributed by atoms with Crippen LogP contribution in [-0.2, 0) is 18.8 Å². The molecule has 8 heteroatoms. The van der Waals surface area contributed by atoms with Crippen LogP contribution in [0.1, 0.15) is 60.7 Å². The van der Waals surface area contributed by atoms with Gasteiger partial charge in [0.2, 0.25) is 0 Å². The van der Waals surface area contributed by atoms with Crippen LogP contribution >= 0.6 is 0 Å². The maximum Gasteiger partial charge on any atom is 0.495 e. The van der Waals surface area contributed by atoms with Crippen molar-refractivity contribution in [3.05, 3.63) is 82.9 Å². The van der Waals surface area contributed by atoms with Crippen LogP contribution in [0.2, 0.25) is 0 Å². The zero-order chi connectivity index (χ0) is 28.1. The van der Waals surface area contributed by atoms with Gasteiger partial charge < -0.3 is 18.8 Å². The third-order valence-electron chi connectivity index (χ3n) is 8.32. The van der Waals surface area contributed by atoms with Crippen molar-refractivity contribution in [2.24, 2.45) is 0 Å². The number of rotatable bonds is 5. The molecule has 2 aliphatic rings. The first-order chi connectivity index (χ1) is 18.4. The summed E-state index contributed by atoms with van der Waals surface area (Å²) in [7, 11) is 2.25. The first-order valence-corrected chi connectivity index (χ1v) is 13.1. The highest BCUT2D eigenvalue weighted by Gasteiger charge is 2.52. The van der Waals surface area contributed by atoms with Gasteiger partial charge in [0.1, 0.15) is 6.61 Å². The van der Waals surface area contributed by atoms with Crippen LogP contribution in [0.25, 0.3) is 11.1 Å². The maximum atomic E-state index is 13.4. The predicted octanol–water partition coefficient (Wildman–Crippen LogP) is 5.47. The molecule has 0 saturated carbocycles. The second-order valence-electron chi connectivity index (χ2n) is 11.2. The molecule has 39 heavy (non-hydrogen) atoms. The number of amides is 1. The quantitative estimate of drug-likeness (QED) is 0.324. The molecule has 0 atom stereocenters. The van der Waals surface area contributed by atoms with Gasteiger partial charge >= 0.3 is 19.2 Å². The molecular formula is C31H34BNO6. The van der Waals surface area contributed by atoms with E-state index in [4.69, 9.17) is 18.8 Å². The molecule has 1 heterocycles. The Morgan fingerprint density at radius 2 is 1.46 bits per heavy atom. The van der Waals surface area contributed by atoms with Crippen LogP contribution in [0.15, 0.2) is 60.7 Å². The van der Waals surface area contributed by atoms with E-state index in [1.807, 2.05) is 58.9 Å². The SMILES string of the molecule is COC(=O)c1cc(B2OC(C)(C)C(C)(C)O2)c(C)c(N(C)C(=O)OCC2c3ccccc3-c3ccccc32)c1. The number of hydrogen-bond donors (Lipinski definition) is 0. The highest BCUT2D eigenvalue weighted by atomic mass is 16.7. The molecule has 1 saturated heterocycles. The van der Waals surface area contributed by atoms with E-state index in [1.165, 1.54) is 12.0 Å². The average Bonchev–Trinajstić information content (AvgIpc) is 3.35.